The summed E-state index contributed by atoms with van der Waals surface area (Å²) >= 11 is 7.21. The van der Waals surface area contributed by atoms with Crippen LogP contribution in [0.4, 0.5) is 0 Å². The van der Waals surface area contributed by atoms with Crippen LogP contribution in [0.3, 0.4) is 0 Å². The maximum absolute atomic E-state index is 8.81. The minimum Gasteiger partial charge on any atom is -0.496 e. The van der Waals surface area contributed by atoms with Crippen LogP contribution < -0.4 is 4.74 Å². The smallest absolute Gasteiger partial charge is 0.170 e. The Morgan fingerprint density at radius 1 is 1.47 bits per heavy atom. The molecule has 3 nitrogen and oxygen atoms in total. The summed E-state index contributed by atoms with van der Waals surface area (Å²) in [7, 11) is 1.63. The molecule has 2 aromatic rings. The van der Waals surface area contributed by atoms with E-state index >= 15 is 0 Å². The van der Waals surface area contributed by atoms with Crippen LogP contribution in [0.5, 0.6) is 5.75 Å². The van der Waals surface area contributed by atoms with Gasteiger partial charge in [0.2, 0.25) is 0 Å². The fourth-order valence-electron chi connectivity index (χ4n) is 1.51. The molecular weight excluding hydrogens is 256 g/mol. The van der Waals surface area contributed by atoms with E-state index in [1.54, 1.807) is 7.11 Å². The zero-order chi connectivity index (χ0) is 12.4. The van der Waals surface area contributed by atoms with Gasteiger partial charge in [-0.1, -0.05) is 11.6 Å². The van der Waals surface area contributed by atoms with Crippen molar-refractivity contribution in [3.05, 3.63) is 33.8 Å². The predicted molar refractivity (Wildman–Crippen MR) is 68.6 cm³/mol. The van der Waals surface area contributed by atoms with Gasteiger partial charge in [0, 0.05) is 5.56 Å². The zero-order valence-corrected chi connectivity index (χ0v) is 10.9. The SMILES string of the molecule is COc1ccc(-c2nc(C#N)c(Cl)s2)cc1C. The first-order valence-electron chi connectivity index (χ1n) is 4.87. The molecule has 1 heterocycles. The van der Waals surface area contributed by atoms with Gasteiger partial charge in [-0.05, 0) is 30.7 Å². The number of thiazole rings is 1. The largest absolute Gasteiger partial charge is 0.496 e. The third-order valence-corrected chi connectivity index (χ3v) is 3.64. The third kappa shape index (κ3) is 2.26. The molecule has 1 aromatic carbocycles. The Hall–Kier alpha value is -1.57. The Morgan fingerprint density at radius 2 is 2.24 bits per heavy atom. The van der Waals surface area contributed by atoms with E-state index in [9.17, 15) is 0 Å². The Kier molecular flexibility index (Phi) is 3.32. The monoisotopic (exact) mass is 264 g/mol. The number of hydrogen-bond donors (Lipinski definition) is 0. The van der Waals surface area contributed by atoms with Crippen molar-refractivity contribution in [2.75, 3.05) is 7.11 Å². The van der Waals surface area contributed by atoms with E-state index in [0.29, 0.717) is 4.34 Å². The molecule has 0 radical (unpaired) electrons. The fourth-order valence-corrected chi connectivity index (χ4v) is 2.55. The average Bonchev–Trinajstić information content (AvgIpc) is 2.70. The van der Waals surface area contributed by atoms with Crippen molar-refractivity contribution in [3.8, 4) is 22.4 Å². The van der Waals surface area contributed by atoms with Gasteiger partial charge >= 0.3 is 0 Å². The summed E-state index contributed by atoms with van der Waals surface area (Å²) in [6.45, 7) is 1.96. The molecule has 0 saturated heterocycles. The highest BCUT2D eigenvalue weighted by Gasteiger charge is 2.11. The van der Waals surface area contributed by atoms with Crippen LogP contribution in [0, 0.1) is 18.3 Å². The second-order valence-electron chi connectivity index (χ2n) is 3.44. The predicted octanol–water partition coefficient (Wildman–Crippen LogP) is 3.65. The first kappa shape index (κ1) is 11.9. The molecule has 5 heteroatoms. The van der Waals surface area contributed by atoms with E-state index < -0.39 is 0 Å². The summed E-state index contributed by atoms with van der Waals surface area (Å²) in [5.41, 5.74) is 2.24. The molecule has 2 rings (SSSR count). The van der Waals surface area contributed by atoms with E-state index in [1.807, 2.05) is 31.2 Å². The number of hydrogen-bond acceptors (Lipinski definition) is 4. The van der Waals surface area contributed by atoms with Gasteiger partial charge in [0.1, 0.15) is 21.2 Å². The van der Waals surface area contributed by atoms with E-state index in [1.165, 1.54) is 11.3 Å². The molecule has 17 heavy (non-hydrogen) atoms. The van der Waals surface area contributed by atoms with Crippen molar-refractivity contribution in [3.63, 3.8) is 0 Å². The minimum absolute atomic E-state index is 0.278. The molecule has 0 fully saturated rings. The highest BCUT2D eigenvalue weighted by molar-refractivity contribution is 7.19. The van der Waals surface area contributed by atoms with E-state index in [2.05, 4.69) is 4.98 Å². The number of nitriles is 1. The maximum atomic E-state index is 8.81. The summed E-state index contributed by atoms with van der Waals surface area (Å²) in [5, 5.41) is 9.55. The lowest BCUT2D eigenvalue weighted by atomic mass is 10.1. The molecule has 0 atom stereocenters. The van der Waals surface area contributed by atoms with Crippen molar-refractivity contribution in [1.82, 2.24) is 4.98 Å². The molecule has 0 amide bonds. The molecule has 1 aromatic heterocycles. The number of ether oxygens (including phenoxy) is 1. The molecule has 0 aliphatic heterocycles. The van der Waals surface area contributed by atoms with E-state index in [0.717, 1.165) is 21.9 Å². The quantitative estimate of drug-likeness (QED) is 0.832. The fraction of sp³-hybridized carbons (Fsp3) is 0.167. The topological polar surface area (TPSA) is 45.9 Å². The summed E-state index contributed by atoms with van der Waals surface area (Å²) in [4.78, 5) is 4.18. The van der Waals surface area contributed by atoms with Gasteiger partial charge in [0.15, 0.2) is 5.69 Å². The second-order valence-corrected chi connectivity index (χ2v) is 5.04. The first-order valence-corrected chi connectivity index (χ1v) is 6.06. The van der Waals surface area contributed by atoms with Crippen molar-refractivity contribution < 1.29 is 4.74 Å². The Morgan fingerprint density at radius 3 is 2.76 bits per heavy atom. The molecule has 0 saturated carbocycles. The highest BCUT2D eigenvalue weighted by Crippen LogP contribution is 2.33. The van der Waals surface area contributed by atoms with E-state index in [-0.39, 0.29) is 5.69 Å². The number of rotatable bonds is 2. The lowest BCUT2D eigenvalue weighted by Crippen LogP contribution is -1.87. The zero-order valence-electron chi connectivity index (χ0n) is 9.32. The van der Waals surface area contributed by atoms with Crippen LogP contribution >= 0.6 is 22.9 Å². The molecule has 0 bridgehead atoms. The summed E-state index contributed by atoms with van der Waals surface area (Å²) in [5.74, 6) is 0.830. The van der Waals surface area contributed by atoms with Gasteiger partial charge in [-0.25, -0.2) is 4.98 Å². The number of nitrogens with zero attached hydrogens (tertiary/aromatic N) is 2. The standard InChI is InChI=1S/C12H9ClN2OS/c1-7-5-8(3-4-10(7)16-2)12-15-9(6-14)11(13)17-12/h3-5H,1-2H3. The number of aromatic nitrogens is 1. The van der Waals surface area contributed by atoms with Gasteiger partial charge < -0.3 is 4.74 Å². The Balaban J connectivity index is 2.47. The molecule has 0 spiro atoms. The lowest BCUT2D eigenvalue weighted by Gasteiger charge is -2.05. The first-order chi connectivity index (χ1) is 8.15. The molecule has 86 valence electrons. The van der Waals surface area contributed by atoms with E-state index in [4.69, 9.17) is 21.6 Å². The number of methoxy groups -OCH3 is 1. The minimum atomic E-state index is 0.278. The summed E-state index contributed by atoms with van der Waals surface area (Å²) in [6.07, 6.45) is 0. The van der Waals surface area contributed by atoms with Gasteiger partial charge in [-0.3, -0.25) is 0 Å². The molecule has 0 N–H and O–H groups in total. The summed E-state index contributed by atoms with van der Waals surface area (Å²) in [6, 6.07) is 7.72. The normalized spacial score (nSPS) is 10.0. The van der Waals surface area contributed by atoms with Crippen molar-refractivity contribution in [2.24, 2.45) is 0 Å². The van der Waals surface area contributed by atoms with Gasteiger partial charge in [0.05, 0.1) is 7.11 Å². The number of benzene rings is 1. The second kappa shape index (κ2) is 4.74. The van der Waals surface area contributed by atoms with Crippen molar-refractivity contribution in [2.45, 2.75) is 6.92 Å². The average molecular weight is 265 g/mol. The third-order valence-electron chi connectivity index (χ3n) is 2.33. The lowest BCUT2D eigenvalue weighted by molar-refractivity contribution is 0.412. The van der Waals surface area contributed by atoms with Crippen LogP contribution in [0.1, 0.15) is 11.3 Å². The Bertz CT molecular complexity index is 601. The Labute approximate surface area is 108 Å². The van der Waals surface area contributed by atoms with Crippen LogP contribution in [0.15, 0.2) is 18.2 Å². The molecule has 0 aliphatic carbocycles. The highest BCUT2D eigenvalue weighted by atomic mass is 35.5. The van der Waals surface area contributed by atoms with Crippen LogP contribution in [-0.2, 0) is 0 Å². The molecule has 0 unspecified atom stereocenters. The molecule has 0 aliphatic rings. The van der Waals surface area contributed by atoms with Gasteiger partial charge in [-0.15, -0.1) is 11.3 Å². The van der Waals surface area contributed by atoms with Crippen LogP contribution in [0.2, 0.25) is 4.34 Å². The molecular formula is C12H9ClN2OS. The summed E-state index contributed by atoms with van der Waals surface area (Å²) < 4.78 is 5.62. The van der Waals surface area contributed by atoms with Crippen LogP contribution in [0.25, 0.3) is 10.6 Å². The van der Waals surface area contributed by atoms with Gasteiger partial charge in [0.25, 0.3) is 0 Å². The van der Waals surface area contributed by atoms with Crippen molar-refractivity contribution in [1.29, 1.82) is 5.26 Å². The van der Waals surface area contributed by atoms with Crippen LogP contribution in [-0.4, -0.2) is 12.1 Å². The van der Waals surface area contributed by atoms with Crippen molar-refractivity contribution >= 4 is 22.9 Å². The van der Waals surface area contributed by atoms with Gasteiger partial charge in [-0.2, -0.15) is 5.26 Å². The maximum Gasteiger partial charge on any atom is 0.170 e. The number of halogens is 1. The number of aryl methyl sites for hydroxylation is 1.